The van der Waals surface area contributed by atoms with Crippen LogP contribution in [0.15, 0.2) is 182 Å². The number of rotatable bonds is 4. The molecule has 0 bridgehead atoms. The van der Waals surface area contributed by atoms with E-state index < -0.39 is 0 Å². The van der Waals surface area contributed by atoms with Crippen molar-refractivity contribution in [2.75, 3.05) is 0 Å². The predicted octanol–water partition coefficient (Wildman–Crippen LogP) is 12.8. The molecule has 1 aliphatic rings. The van der Waals surface area contributed by atoms with E-state index in [2.05, 4.69) is 191 Å². The van der Waals surface area contributed by atoms with Gasteiger partial charge in [-0.1, -0.05) is 133 Å². The van der Waals surface area contributed by atoms with Gasteiger partial charge < -0.3 is 9.13 Å². The Labute approximate surface area is 296 Å². The Balaban J connectivity index is 1.10. The summed E-state index contributed by atoms with van der Waals surface area (Å²) in [7, 11) is 0. The Morgan fingerprint density at radius 1 is 0.294 bits per heavy atom. The highest BCUT2D eigenvalue weighted by Gasteiger charge is 2.22. The normalized spacial score (nSPS) is 12.2. The molecule has 0 spiro atoms. The summed E-state index contributed by atoms with van der Waals surface area (Å²) in [5, 5.41) is 5.09. The zero-order valence-electron chi connectivity index (χ0n) is 27.9. The average Bonchev–Trinajstić information content (AvgIpc) is 3.85. The fourth-order valence-electron chi connectivity index (χ4n) is 8.54. The molecule has 0 aliphatic heterocycles. The highest BCUT2D eigenvalue weighted by molar-refractivity contribution is 6.11. The minimum atomic E-state index is 0.946. The lowest BCUT2D eigenvalue weighted by Crippen LogP contribution is -1.96. The van der Waals surface area contributed by atoms with Crippen molar-refractivity contribution in [2.45, 2.75) is 6.42 Å². The molecule has 2 heteroatoms. The SMILES string of the molecule is c1ccc(-c2ccc3c4ccccc4n(-c4ccc5c(c4)-c4cc(-n6c7ccccc7c7ccc(-c8ccccc8)cc76)ccc4C5)c3c2)cc1. The van der Waals surface area contributed by atoms with Crippen LogP contribution in [0.5, 0.6) is 0 Å². The van der Waals surface area contributed by atoms with Crippen LogP contribution in [0.25, 0.3) is 88.4 Å². The molecule has 11 rings (SSSR count). The molecule has 238 valence electrons. The summed E-state index contributed by atoms with van der Waals surface area (Å²) in [6, 6.07) is 67.0. The predicted molar refractivity (Wildman–Crippen MR) is 214 cm³/mol. The third kappa shape index (κ3) is 4.30. The van der Waals surface area contributed by atoms with E-state index in [4.69, 9.17) is 0 Å². The van der Waals surface area contributed by atoms with E-state index in [0.717, 1.165) is 6.42 Å². The summed E-state index contributed by atoms with van der Waals surface area (Å²) >= 11 is 0. The van der Waals surface area contributed by atoms with Crippen molar-refractivity contribution in [2.24, 2.45) is 0 Å². The molecule has 0 atom stereocenters. The monoisotopic (exact) mass is 648 g/mol. The molecule has 2 nitrogen and oxygen atoms in total. The van der Waals surface area contributed by atoms with Gasteiger partial charge in [-0.25, -0.2) is 0 Å². The van der Waals surface area contributed by atoms with Crippen LogP contribution >= 0.6 is 0 Å². The molecule has 10 aromatic rings. The van der Waals surface area contributed by atoms with Crippen molar-refractivity contribution in [3.05, 3.63) is 193 Å². The molecule has 8 aromatic carbocycles. The summed E-state index contributed by atoms with van der Waals surface area (Å²) in [6.07, 6.45) is 0.946. The van der Waals surface area contributed by atoms with Gasteiger partial charge in [-0.2, -0.15) is 0 Å². The number of nitrogens with zero attached hydrogens (tertiary/aromatic N) is 2. The van der Waals surface area contributed by atoms with Crippen LogP contribution < -0.4 is 0 Å². The lowest BCUT2D eigenvalue weighted by Gasteiger charge is -2.13. The van der Waals surface area contributed by atoms with Crippen LogP contribution in [0.2, 0.25) is 0 Å². The van der Waals surface area contributed by atoms with Crippen molar-refractivity contribution >= 4 is 43.6 Å². The lowest BCUT2D eigenvalue weighted by molar-refractivity contribution is 1.17. The van der Waals surface area contributed by atoms with Crippen molar-refractivity contribution in [1.82, 2.24) is 9.13 Å². The molecule has 0 saturated carbocycles. The molecule has 0 radical (unpaired) electrons. The van der Waals surface area contributed by atoms with Gasteiger partial charge in [0.15, 0.2) is 0 Å². The van der Waals surface area contributed by atoms with E-state index in [1.807, 2.05) is 0 Å². The quantitative estimate of drug-likeness (QED) is 0.180. The van der Waals surface area contributed by atoms with Crippen LogP contribution in [0.1, 0.15) is 11.1 Å². The van der Waals surface area contributed by atoms with Gasteiger partial charge in [-0.15, -0.1) is 0 Å². The van der Waals surface area contributed by atoms with Gasteiger partial charge >= 0.3 is 0 Å². The van der Waals surface area contributed by atoms with E-state index in [0.29, 0.717) is 0 Å². The van der Waals surface area contributed by atoms with Gasteiger partial charge in [-0.3, -0.25) is 0 Å². The number of benzene rings is 8. The van der Waals surface area contributed by atoms with E-state index in [1.54, 1.807) is 0 Å². The Morgan fingerprint density at radius 3 is 1.18 bits per heavy atom. The molecule has 2 aromatic heterocycles. The number of aromatic nitrogens is 2. The summed E-state index contributed by atoms with van der Waals surface area (Å²) in [4.78, 5) is 0. The molecule has 0 unspecified atom stereocenters. The topological polar surface area (TPSA) is 9.86 Å². The number of hydrogen-bond acceptors (Lipinski definition) is 0. The summed E-state index contributed by atoms with van der Waals surface area (Å²) < 4.78 is 4.91. The van der Waals surface area contributed by atoms with Gasteiger partial charge in [0.25, 0.3) is 0 Å². The van der Waals surface area contributed by atoms with Crippen LogP contribution in [-0.2, 0) is 6.42 Å². The zero-order valence-corrected chi connectivity index (χ0v) is 27.9. The van der Waals surface area contributed by atoms with Gasteiger partial charge in [-0.05, 0) is 99.5 Å². The van der Waals surface area contributed by atoms with Crippen molar-refractivity contribution in [3.8, 4) is 44.8 Å². The molecular formula is C49H32N2. The van der Waals surface area contributed by atoms with E-state index in [-0.39, 0.29) is 0 Å². The van der Waals surface area contributed by atoms with Crippen molar-refractivity contribution in [3.63, 3.8) is 0 Å². The van der Waals surface area contributed by atoms with Crippen LogP contribution in [0, 0.1) is 0 Å². The molecular weight excluding hydrogens is 617 g/mol. The number of hydrogen-bond donors (Lipinski definition) is 0. The summed E-state index contributed by atoms with van der Waals surface area (Å²) in [5.41, 5.74) is 17.6. The highest BCUT2D eigenvalue weighted by atomic mass is 15.0. The molecule has 0 saturated heterocycles. The second kappa shape index (κ2) is 10.9. The molecule has 2 heterocycles. The van der Waals surface area contributed by atoms with Crippen LogP contribution in [0.3, 0.4) is 0 Å². The first-order chi connectivity index (χ1) is 25.3. The standard InChI is InChI=1S/C49H32N2/c1-3-11-32(12-4-1)34-21-25-42-40-15-7-9-17-46(40)50(48(42)28-34)38-23-19-36-27-37-20-24-39(31-45(37)44(36)30-38)51-47-18-10-8-16-41(47)43-26-22-35(29-49(43)51)33-13-5-2-6-14-33/h1-26,28-31H,27H2. The smallest absolute Gasteiger partial charge is 0.0547 e. The first-order valence-corrected chi connectivity index (χ1v) is 17.7. The first-order valence-electron chi connectivity index (χ1n) is 17.7. The van der Waals surface area contributed by atoms with Gasteiger partial charge in [0.05, 0.1) is 22.1 Å². The Hall–Kier alpha value is -6.64. The van der Waals surface area contributed by atoms with E-state index in [1.165, 1.54) is 99.5 Å². The van der Waals surface area contributed by atoms with Crippen molar-refractivity contribution in [1.29, 1.82) is 0 Å². The fourth-order valence-corrected chi connectivity index (χ4v) is 8.54. The largest absolute Gasteiger partial charge is 0.309 e. The van der Waals surface area contributed by atoms with E-state index in [9.17, 15) is 0 Å². The first kappa shape index (κ1) is 28.2. The molecule has 1 aliphatic carbocycles. The lowest BCUT2D eigenvalue weighted by atomic mass is 10.0. The molecule has 0 N–H and O–H groups in total. The van der Waals surface area contributed by atoms with Gasteiger partial charge in [0.2, 0.25) is 0 Å². The minimum Gasteiger partial charge on any atom is -0.309 e. The second-order valence-electron chi connectivity index (χ2n) is 13.8. The Morgan fingerprint density at radius 2 is 0.706 bits per heavy atom. The maximum atomic E-state index is 2.46. The van der Waals surface area contributed by atoms with Crippen LogP contribution in [0.4, 0.5) is 0 Å². The minimum absolute atomic E-state index is 0.946. The second-order valence-corrected chi connectivity index (χ2v) is 13.8. The van der Waals surface area contributed by atoms with E-state index >= 15 is 0 Å². The third-order valence-electron chi connectivity index (χ3n) is 10.9. The molecule has 0 fully saturated rings. The maximum absolute atomic E-state index is 2.46. The van der Waals surface area contributed by atoms with Crippen LogP contribution in [-0.4, -0.2) is 9.13 Å². The van der Waals surface area contributed by atoms with Crippen molar-refractivity contribution < 1.29 is 0 Å². The number of fused-ring (bicyclic) bond motifs is 9. The number of para-hydroxylation sites is 2. The molecule has 0 amide bonds. The Kier molecular flexibility index (Phi) is 6.05. The maximum Gasteiger partial charge on any atom is 0.0547 e. The third-order valence-corrected chi connectivity index (χ3v) is 10.9. The highest BCUT2D eigenvalue weighted by Crippen LogP contribution is 2.43. The van der Waals surface area contributed by atoms with Gasteiger partial charge in [0.1, 0.15) is 0 Å². The average molecular weight is 649 g/mol. The summed E-state index contributed by atoms with van der Waals surface area (Å²) in [5.74, 6) is 0. The van der Waals surface area contributed by atoms with Gasteiger partial charge in [0, 0.05) is 32.9 Å². The zero-order chi connectivity index (χ0) is 33.5. The fraction of sp³-hybridized carbons (Fsp3) is 0.0204. The molecule has 51 heavy (non-hydrogen) atoms. The Bertz CT molecular complexity index is 2780. The summed E-state index contributed by atoms with van der Waals surface area (Å²) in [6.45, 7) is 0.